The van der Waals surface area contributed by atoms with E-state index in [4.69, 9.17) is 12.6 Å². The number of halogens is 4. The Balaban J connectivity index is 2.86. The summed E-state index contributed by atoms with van der Waals surface area (Å²) >= 11 is 0. The first-order chi connectivity index (χ1) is 9.36. The van der Waals surface area contributed by atoms with Crippen molar-refractivity contribution < 1.29 is 22.3 Å². The number of hydrogen-bond donors (Lipinski definition) is 0. The molecule has 0 bridgehead atoms. The first-order valence-corrected chi connectivity index (χ1v) is 5.64. The quantitative estimate of drug-likeness (QED) is 0.607. The van der Waals surface area contributed by atoms with Crippen molar-refractivity contribution in [3.63, 3.8) is 0 Å². The topological polar surface area (TPSA) is 9.23 Å². The summed E-state index contributed by atoms with van der Waals surface area (Å²) in [5.74, 6) is -4.04. The van der Waals surface area contributed by atoms with Crippen molar-refractivity contribution in [2.75, 3.05) is 7.11 Å². The third kappa shape index (κ3) is 2.26. The maximum atomic E-state index is 14.0. The molecule has 0 spiro atoms. The van der Waals surface area contributed by atoms with Gasteiger partial charge in [-0.3, -0.25) is 0 Å². The van der Waals surface area contributed by atoms with Crippen LogP contribution < -0.4 is 10.2 Å². The molecule has 0 saturated carbocycles. The highest BCUT2D eigenvalue weighted by atomic mass is 19.1. The van der Waals surface area contributed by atoms with E-state index in [1.54, 1.807) is 0 Å². The van der Waals surface area contributed by atoms with E-state index in [0.29, 0.717) is 12.1 Å². The van der Waals surface area contributed by atoms with Crippen LogP contribution in [0.5, 0.6) is 5.75 Å². The molecule has 2 radical (unpaired) electrons. The molecule has 0 amide bonds. The zero-order valence-electron chi connectivity index (χ0n) is 10.7. The first-order valence-electron chi connectivity index (χ1n) is 5.64. The molecule has 0 aliphatic carbocycles. The van der Waals surface area contributed by atoms with Gasteiger partial charge in [0.1, 0.15) is 36.9 Å². The molecular formula is C14H9BF4O. The maximum Gasteiger partial charge on any atom is 0.137 e. The van der Waals surface area contributed by atoms with Gasteiger partial charge in [-0.2, -0.15) is 0 Å². The lowest BCUT2D eigenvalue weighted by atomic mass is 9.88. The van der Waals surface area contributed by atoms with Gasteiger partial charge in [0.2, 0.25) is 0 Å². The van der Waals surface area contributed by atoms with Crippen LogP contribution in [0.15, 0.2) is 18.2 Å². The summed E-state index contributed by atoms with van der Waals surface area (Å²) in [6.45, 7) is 1.35. The summed E-state index contributed by atoms with van der Waals surface area (Å²) in [5.41, 5.74) is -0.770. The van der Waals surface area contributed by atoms with Crippen LogP contribution >= 0.6 is 0 Å². The average Bonchev–Trinajstić information content (AvgIpc) is 2.38. The number of methoxy groups -OCH3 is 1. The molecule has 2 aromatic carbocycles. The van der Waals surface area contributed by atoms with Crippen molar-refractivity contribution in [3.8, 4) is 16.9 Å². The highest BCUT2D eigenvalue weighted by molar-refractivity contribution is 6.35. The Morgan fingerprint density at radius 2 is 1.60 bits per heavy atom. The lowest BCUT2D eigenvalue weighted by Gasteiger charge is -2.16. The standard InChI is InChI=1S/C14H9BF4O/c1-6-8(3-7(16)4-9(6)17)12-10(18)5-11(19)13(15)14(12)20-2/h3-5H,1-2H3. The molecular weight excluding hydrogens is 271 g/mol. The Hall–Kier alpha value is -1.98. The lowest BCUT2D eigenvalue weighted by molar-refractivity contribution is 0.413. The van der Waals surface area contributed by atoms with Gasteiger partial charge in [0.05, 0.1) is 12.7 Å². The van der Waals surface area contributed by atoms with E-state index in [1.807, 2.05) is 0 Å². The summed E-state index contributed by atoms with van der Waals surface area (Å²) in [6.07, 6.45) is 0. The fraction of sp³-hybridized carbons (Fsp3) is 0.143. The van der Waals surface area contributed by atoms with Gasteiger partial charge in [0.15, 0.2) is 0 Å². The molecule has 0 fully saturated rings. The molecule has 0 N–H and O–H groups in total. The van der Waals surface area contributed by atoms with Crippen LogP contribution in [0.2, 0.25) is 0 Å². The SMILES string of the molecule is [B]c1c(F)cc(F)c(-c2cc(F)cc(F)c2C)c1OC. The first kappa shape index (κ1) is 14.4. The molecule has 2 aromatic rings. The van der Waals surface area contributed by atoms with Crippen LogP contribution in [0, 0.1) is 30.2 Å². The minimum absolute atomic E-state index is 0.00890. The average molecular weight is 280 g/mol. The Bertz CT molecular complexity index is 686. The summed E-state index contributed by atoms with van der Waals surface area (Å²) in [7, 11) is 6.64. The largest absolute Gasteiger partial charge is 0.497 e. The second-order valence-corrected chi connectivity index (χ2v) is 4.22. The Kier molecular flexibility index (Phi) is 3.75. The third-order valence-corrected chi connectivity index (χ3v) is 3.00. The van der Waals surface area contributed by atoms with E-state index in [9.17, 15) is 17.6 Å². The van der Waals surface area contributed by atoms with Crippen LogP contribution in [0.1, 0.15) is 5.56 Å². The van der Waals surface area contributed by atoms with Gasteiger partial charge in [-0.1, -0.05) is 0 Å². The van der Waals surface area contributed by atoms with Crippen molar-refractivity contribution in [2.45, 2.75) is 6.92 Å². The predicted molar refractivity (Wildman–Crippen MR) is 68.4 cm³/mol. The van der Waals surface area contributed by atoms with Gasteiger partial charge in [-0.25, -0.2) is 17.6 Å². The maximum absolute atomic E-state index is 14.0. The monoisotopic (exact) mass is 280 g/mol. The number of benzene rings is 2. The van der Waals surface area contributed by atoms with Gasteiger partial charge >= 0.3 is 0 Å². The van der Waals surface area contributed by atoms with Crippen LogP contribution in [-0.2, 0) is 0 Å². The number of rotatable bonds is 2. The van der Waals surface area contributed by atoms with E-state index < -0.39 is 28.7 Å². The van der Waals surface area contributed by atoms with Crippen molar-refractivity contribution in [1.82, 2.24) is 0 Å². The fourth-order valence-electron chi connectivity index (χ4n) is 1.98. The van der Waals surface area contributed by atoms with Crippen LogP contribution in [-0.4, -0.2) is 15.0 Å². The molecule has 0 aliphatic heterocycles. The smallest absolute Gasteiger partial charge is 0.137 e. The molecule has 0 saturated heterocycles. The zero-order chi connectivity index (χ0) is 15.0. The highest BCUT2D eigenvalue weighted by Crippen LogP contribution is 2.35. The van der Waals surface area contributed by atoms with Gasteiger partial charge in [0.25, 0.3) is 0 Å². The van der Waals surface area contributed by atoms with Gasteiger partial charge in [-0.15, -0.1) is 0 Å². The molecule has 102 valence electrons. The van der Waals surface area contributed by atoms with Crippen LogP contribution in [0.3, 0.4) is 0 Å². The predicted octanol–water partition coefficient (Wildman–Crippen LogP) is 3.02. The van der Waals surface area contributed by atoms with Gasteiger partial charge in [-0.05, 0) is 29.6 Å². The summed E-state index contributed by atoms with van der Waals surface area (Å²) in [6, 6.07) is 2.17. The minimum atomic E-state index is -1.01. The van der Waals surface area contributed by atoms with Crippen molar-refractivity contribution in [1.29, 1.82) is 0 Å². The van der Waals surface area contributed by atoms with Crippen LogP contribution in [0.4, 0.5) is 17.6 Å². The Labute approximate surface area is 114 Å². The Morgan fingerprint density at radius 1 is 0.950 bits per heavy atom. The lowest BCUT2D eigenvalue weighted by Crippen LogP contribution is -2.15. The second-order valence-electron chi connectivity index (χ2n) is 4.22. The molecule has 0 aliphatic rings. The van der Waals surface area contributed by atoms with Gasteiger partial charge in [0, 0.05) is 12.1 Å². The summed E-state index contributed by atoms with van der Waals surface area (Å²) < 4.78 is 59.1. The summed E-state index contributed by atoms with van der Waals surface area (Å²) in [5, 5.41) is 0. The highest BCUT2D eigenvalue weighted by Gasteiger charge is 2.21. The molecule has 6 heteroatoms. The van der Waals surface area contributed by atoms with E-state index >= 15 is 0 Å². The van der Waals surface area contributed by atoms with Crippen molar-refractivity contribution >= 4 is 13.3 Å². The van der Waals surface area contributed by atoms with Crippen molar-refractivity contribution in [2.24, 2.45) is 0 Å². The molecule has 0 unspecified atom stereocenters. The third-order valence-electron chi connectivity index (χ3n) is 3.00. The van der Waals surface area contributed by atoms with E-state index in [-0.39, 0.29) is 22.4 Å². The number of hydrogen-bond acceptors (Lipinski definition) is 1. The minimum Gasteiger partial charge on any atom is -0.497 e. The zero-order valence-corrected chi connectivity index (χ0v) is 10.7. The molecule has 20 heavy (non-hydrogen) atoms. The van der Waals surface area contributed by atoms with Gasteiger partial charge < -0.3 is 4.74 Å². The molecule has 1 nitrogen and oxygen atoms in total. The normalized spacial score (nSPS) is 10.7. The van der Waals surface area contributed by atoms with E-state index in [1.165, 1.54) is 14.0 Å². The Morgan fingerprint density at radius 3 is 2.20 bits per heavy atom. The molecule has 0 heterocycles. The fourth-order valence-corrected chi connectivity index (χ4v) is 1.98. The van der Waals surface area contributed by atoms with Crippen molar-refractivity contribution in [3.05, 3.63) is 47.0 Å². The molecule has 2 rings (SSSR count). The van der Waals surface area contributed by atoms with E-state index in [2.05, 4.69) is 0 Å². The summed E-state index contributed by atoms with van der Waals surface area (Å²) in [4.78, 5) is 0. The molecule has 0 atom stereocenters. The number of ether oxygens (including phenoxy) is 1. The molecule has 0 aromatic heterocycles. The van der Waals surface area contributed by atoms with E-state index in [0.717, 1.165) is 6.07 Å². The van der Waals surface area contributed by atoms with Crippen LogP contribution in [0.25, 0.3) is 11.1 Å². The second kappa shape index (κ2) is 5.19.